The van der Waals surface area contributed by atoms with Crippen molar-refractivity contribution in [2.75, 3.05) is 26.3 Å². The van der Waals surface area contributed by atoms with Gasteiger partial charge in [0.2, 0.25) is 0 Å². The average molecular weight is 468 g/mol. The number of halogens is 2. The van der Waals surface area contributed by atoms with E-state index in [0.717, 1.165) is 31.0 Å². The highest BCUT2D eigenvalue weighted by molar-refractivity contribution is 14.0. The highest BCUT2D eigenvalue weighted by Crippen LogP contribution is 2.38. The molecule has 1 aliphatic rings. The number of guanidine groups is 1. The lowest BCUT2D eigenvalue weighted by atomic mass is 10.2. The number of rotatable bonds is 5. The summed E-state index contributed by atoms with van der Waals surface area (Å²) in [6, 6.07) is 3.85. The number of nitrogens with zero attached hydrogens (tertiary/aromatic N) is 1. The molecule has 0 amide bonds. The monoisotopic (exact) mass is 467 g/mol. The smallest absolute Gasteiger partial charge is 0.191 e. The Hall–Kier alpha value is -0.890. The average Bonchev–Trinajstić information content (AvgIpc) is 2.75. The minimum Gasteiger partial charge on any atom is -0.489 e. The summed E-state index contributed by atoms with van der Waals surface area (Å²) in [6.45, 7) is 9.91. The van der Waals surface area contributed by atoms with Gasteiger partial charge in [-0.1, -0.05) is 25.4 Å². The second-order valence-corrected chi connectivity index (χ2v) is 6.33. The second kappa shape index (κ2) is 10.9. The standard InChI is InChI=1S/C17H26ClN3O2.HI/c1-4-19-17(20-10-12(2)3)21-11-13-8-14(18)16-15(9-13)22-6-5-7-23-16;/h8-9,12H,4-7,10-11H2,1-3H3,(H2,19,20,21);1H. The van der Waals surface area contributed by atoms with Gasteiger partial charge in [0.1, 0.15) is 0 Å². The van der Waals surface area contributed by atoms with E-state index in [0.29, 0.717) is 42.2 Å². The molecule has 2 rings (SSSR count). The highest BCUT2D eigenvalue weighted by Gasteiger charge is 2.15. The molecule has 0 aromatic heterocycles. The molecular formula is C17H27ClIN3O2. The maximum absolute atomic E-state index is 6.31. The molecule has 0 unspecified atom stereocenters. The summed E-state index contributed by atoms with van der Waals surface area (Å²) in [7, 11) is 0. The molecule has 7 heteroatoms. The molecule has 5 nitrogen and oxygen atoms in total. The van der Waals surface area contributed by atoms with Crippen LogP contribution >= 0.6 is 35.6 Å². The Bertz CT molecular complexity index is 553. The quantitative estimate of drug-likeness (QED) is 0.393. The van der Waals surface area contributed by atoms with E-state index in [9.17, 15) is 0 Å². The van der Waals surface area contributed by atoms with E-state index >= 15 is 0 Å². The molecule has 0 radical (unpaired) electrons. The molecule has 0 bridgehead atoms. The largest absolute Gasteiger partial charge is 0.489 e. The molecule has 0 atom stereocenters. The minimum absolute atomic E-state index is 0. The summed E-state index contributed by atoms with van der Waals surface area (Å²) in [4.78, 5) is 4.61. The molecule has 1 heterocycles. The maximum atomic E-state index is 6.31. The number of ether oxygens (including phenoxy) is 2. The molecule has 0 fully saturated rings. The van der Waals surface area contributed by atoms with E-state index in [1.807, 2.05) is 12.1 Å². The number of nitrogens with one attached hydrogen (secondary N) is 2. The number of benzene rings is 1. The van der Waals surface area contributed by atoms with Gasteiger partial charge in [-0.05, 0) is 30.5 Å². The van der Waals surface area contributed by atoms with Gasteiger partial charge in [-0.15, -0.1) is 24.0 Å². The first-order chi connectivity index (χ1) is 11.1. The lowest BCUT2D eigenvalue weighted by Crippen LogP contribution is -2.39. The van der Waals surface area contributed by atoms with Gasteiger partial charge in [0, 0.05) is 19.5 Å². The van der Waals surface area contributed by atoms with Crippen LogP contribution in [-0.4, -0.2) is 32.3 Å². The molecule has 136 valence electrons. The van der Waals surface area contributed by atoms with Crippen LogP contribution in [0.25, 0.3) is 0 Å². The third kappa shape index (κ3) is 6.55. The summed E-state index contributed by atoms with van der Waals surface area (Å²) in [6.07, 6.45) is 0.863. The van der Waals surface area contributed by atoms with Crippen molar-refractivity contribution in [2.45, 2.75) is 33.7 Å². The Kier molecular flexibility index (Phi) is 9.58. The Labute approximate surface area is 166 Å². The van der Waals surface area contributed by atoms with E-state index in [1.54, 1.807) is 0 Å². The van der Waals surface area contributed by atoms with Crippen LogP contribution in [0.4, 0.5) is 0 Å². The third-order valence-corrected chi connectivity index (χ3v) is 3.58. The first-order valence-electron chi connectivity index (χ1n) is 8.20. The van der Waals surface area contributed by atoms with E-state index in [1.165, 1.54) is 0 Å². The first kappa shape index (κ1) is 21.2. The first-order valence-corrected chi connectivity index (χ1v) is 8.58. The van der Waals surface area contributed by atoms with Crippen molar-refractivity contribution >= 4 is 41.5 Å². The highest BCUT2D eigenvalue weighted by atomic mass is 127. The minimum atomic E-state index is 0. The van der Waals surface area contributed by atoms with Crippen LogP contribution in [0.15, 0.2) is 17.1 Å². The van der Waals surface area contributed by atoms with Crippen LogP contribution in [0.2, 0.25) is 5.02 Å². The Balaban J connectivity index is 0.00000288. The topological polar surface area (TPSA) is 54.9 Å². The fraction of sp³-hybridized carbons (Fsp3) is 0.588. The molecule has 2 N–H and O–H groups in total. The Morgan fingerprint density at radius 1 is 1.25 bits per heavy atom. The number of aliphatic imine (C=N–C) groups is 1. The summed E-state index contributed by atoms with van der Waals surface area (Å²) < 4.78 is 11.4. The van der Waals surface area contributed by atoms with Crippen molar-refractivity contribution in [1.29, 1.82) is 0 Å². The molecule has 1 aromatic carbocycles. The zero-order valence-corrected chi connectivity index (χ0v) is 17.6. The van der Waals surface area contributed by atoms with Crippen molar-refractivity contribution in [3.05, 3.63) is 22.7 Å². The van der Waals surface area contributed by atoms with Crippen molar-refractivity contribution in [1.82, 2.24) is 10.6 Å². The summed E-state index contributed by atoms with van der Waals surface area (Å²) in [5, 5.41) is 7.15. The zero-order valence-electron chi connectivity index (χ0n) is 14.5. The van der Waals surface area contributed by atoms with E-state index < -0.39 is 0 Å². The van der Waals surface area contributed by atoms with Gasteiger partial charge >= 0.3 is 0 Å². The normalized spacial score (nSPS) is 14.0. The van der Waals surface area contributed by atoms with E-state index in [2.05, 4.69) is 36.4 Å². The van der Waals surface area contributed by atoms with Gasteiger partial charge < -0.3 is 20.1 Å². The molecule has 0 aliphatic carbocycles. The fourth-order valence-electron chi connectivity index (χ4n) is 2.19. The van der Waals surface area contributed by atoms with Gasteiger partial charge in [0.05, 0.1) is 24.8 Å². The van der Waals surface area contributed by atoms with Crippen molar-refractivity contribution in [2.24, 2.45) is 10.9 Å². The van der Waals surface area contributed by atoms with Crippen LogP contribution in [-0.2, 0) is 6.54 Å². The molecule has 24 heavy (non-hydrogen) atoms. The predicted molar refractivity (Wildman–Crippen MR) is 110 cm³/mol. The molecule has 0 saturated carbocycles. The van der Waals surface area contributed by atoms with Crippen LogP contribution in [0.3, 0.4) is 0 Å². The summed E-state index contributed by atoms with van der Waals surface area (Å²) in [5.41, 5.74) is 1.00. The third-order valence-electron chi connectivity index (χ3n) is 3.30. The van der Waals surface area contributed by atoms with Gasteiger partial charge in [0.25, 0.3) is 0 Å². The molecule has 1 aromatic rings. The van der Waals surface area contributed by atoms with Gasteiger partial charge in [-0.3, -0.25) is 0 Å². The molecular weight excluding hydrogens is 441 g/mol. The molecule has 0 saturated heterocycles. The zero-order chi connectivity index (χ0) is 16.7. The van der Waals surface area contributed by atoms with Crippen LogP contribution in [0.1, 0.15) is 32.8 Å². The summed E-state index contributed by atoms with van der Waals surface area (Å²) >= 11 is 6.31. The number of fused-ring (bicyclic) bond motifs is 1. The van der Waals surface area contributed by atoms with Gasteiger partial charge in [-0.2, -0.15) is 0 Å². The predicted octanol–water partition coefficient (Wildman–Crippen LogP) is 3.83. The van der Waals surface area contributed by atoms with Crippen LogP contribution in [0, 0.1) is 5.92 Å². The lowest BCUT2D eigenvalue weighted by Gasteiger charge is -2.14. The molecule has 1 aliphatic heterocycles. The van der Waals surface area contributed by atoms with E-state index in [-0.39, 0.29) is 24.0 Å². The van der Waals surface area contributed by atoms with Crippen molar-refractivity contribution < 1.29 is 9.47 Å². The number of hydrogen-bond donors (Lipinski definition) is 2. The van der Waals surface area contributed by atoms with Gasteiger partial charge in [-0.25, -0.2) is 4.99 Å². The van der Waals surface area contributed by atoms with Crippen LogP contribution < -0.4 is 20.1 Å². The lowest BCUT2D eigenvalue weighted by molar-refractivity contribution is 0.297. The van der Waals surface area contributed by atoms with Crippen molar-refractivity contribution in [3.63, 3.8) is 0 Å². The summed E-state index contributed by atoms with van der Waals surface area (Å²) in [5.74, 6) is 2.72. The maximum Gasteiger partial charge on any atom is 0.191 e. The molecule has 0 spiro atoms. The Morgan fingerprint density at radius 3 is 2.71 bits per heavy atom. The van der Waals surface area contributed by atoms with Crippen LogP contribution in [0.5, 0.6) is 11.5 Å². The fourth-order valence-corrected chi connectivity index (χ4v) is 2.48. The van der Waals surface area contributed by atoms with Crippen molar-refractivity contribution in [3.8, 4) is 11.5 Å². The Morgan fingerprint density at radius 2 is 2.00 bits per heavy atom. The number of hydrogen-bond acceptors (Lipinski definition) is 3. The second-order valence-electron chi connectivity index (χ2n) is 5.93. The van der Waals surface area contributed by atoms with Gasteiger partial charge in [0.15, 0.2) is 17.5 Å². The van der Waals surface area contributed by atoms with E-state index in [4.69, 9.17) is 21.1 Å². The SMILES string of the molecule is CCNC(=NCc1cc(Cl)c2c(c1)OCCCO2)NCC(C)C.I.